The van der Waals surface area contributed by atoms with Crippen molar-refractivity contribution in [2.75, 3.05) is 13.1 Å². The zero-order valence-electron chi connectivity index (χ0n) is 14.3. The van der Waals surface area contributed by atoms with Crippen LogP contribution >= 0.6 is 0 Å². The molecule has 1 N–H and O–H groups in total. The molecule has 2 saturated heterocycles. The lowest BCUT2D eigenvalue weighted by Gasteiger charge is -2.32. The minimum Gasteiger partial charge on any atom is -0.504 e. The number of benzene rings is 1. The van der Waals surface area contributed by atoms with Crippen molar-refractivity contribution in [2.45, 2.75) is 37.0 Å². The van der Waals surface area contributed by atoms with Gasteiger partial charge in [0.2, 0.25) is 5.91 Å². The van der Waals surface area contributed by atoms with Crippen molar-refractivity contribution in [2.24, 2.45) is 0 Å². The number of fused-ring (bicyclic) bond motifs is 2. The Kier molecular flexibility index (Phi) is 5.28. The van der Waals surface area contributed by atoms with Crippen LogP contribution in [0.5, 0.6) is 11.5 Å². The van der Waals surface area contributed by atoms with Gasteiger partial charge in [-0.25, -0.2) is 0 Å². The molecule has 8 nitrogen and oxygen atoms in total. The number of morpholine rings is 1. The third-order valence-electron chi connectivity index (χ3n) is 4.49. The molecule has 3 rings (SSSR count). The van der Waals surface area contributed by atoms with E-state index in [1.165, 1.54) is 4.90 Å². The van der Waals surface area contributed by atoms with Crippen molar-refractivity contribution < 1.29 is 45.2 Å². The highest BCUT2D eigenvalue weighted by Gasteiger charge is 2.49. The van der Waals surface area contributed by atoms with E-state index in [4.69, 9.17) is 4.74 Å². The van der Waals surface area contributed by atoms with Gasteiger partial charge in [0.25, 0.3) is 0 Å². The summed E-state index contributed by atoms with van der Waals surface area (Å²) in [5.74, 6) is -3.54. The normalized spacial score (nSPS) is 22.2. The molecule has 154 valence electrons. The highest BCUT2D eigenvalue weighted by atomic mass is 32.2. The van der Waals surface area contributed by atoms with E-state index in [0.717, 1.165) is 31.0 Å². The first-order chi connectivity index (χ1) is 13.0. The lowest BCUT2D eigenvalue weighted by atomic mass is 10.1. The highest BCUT2D eigenvalue weighted by molar-refractivity contribution is 7.88. The minimum atomic E-state index is -6.02. The average molecular weight is 423 g/mol. The van der Waals surface area contributed by atoms with Crippen molar-refractivity contribution in [3.05, 3.63) is 23.8 Å². The minimum absolute atomic E-state index is 0.0875. The average Bonchev–Trinajstić information content (AvgIpc) is 2.93. The Hall–Kier alpha value is -2.34. The third-order valence-corrected chi connectivity index (χ3v) is 5.46. The maximum atomic E-state index is 12.4. The molecule has 0 spiro atoms. The molecule has 2 fully saturated rings. The predicted molar refractivity (Wildman–Crippen MR) is 87.1 cm³/mol. The van der Waals surface area contributed by atoms with Crippen LogP contribution in [0.4, 0.5) is 13.2 Å². The standard InChI is InChI=1S/C16H16F3NO7S/c17-16(18,19)28(24,25)27-13-3-1-2-11(15(13)23)12(21)6-14(22)20-7-9-4-5-10(8-20)26-9/h1-3,9-10,23H,4-8H2. The van der Waals surface area contributed by atoms with Gasteiger partial charge in [0.15, 0.2) is 17.3 Å². The van der Waals surface area contributed by atoms with E-state index in [9.17, 15) is 36.3 Å². The number of para-hydroxylation sites is 1. The van der Waals surface area contributed by atoms with Gasteiger partial charge in [0.1, 0.15) is 0 Å². The van der Waals surface area contributed by atoms with Crippen molar-refractivity contribution >= 4 is 21.8 Å². The Morgan fingerprint density at radius 2 is 1.82 bits per heavy atom. The number of hydrogen-bond acceptors (Lipinski definition) is 7. The van der Waals surface area contributed by atoms with Crippen molar-refractivity contribution in [3.63, 3.8) is 0 Å². The Balaban J connectivity index is 1.73. The summed E-state index contributed by atoms with van der Waals surface area (Å²) in [5.41, 5.74) is -6.22. The number of alkyl halides is 3. The van der Waals surface area contributed by atoms with Crippen molar-refractivity contribution in [3.8, 4) is 11.5 Å². The number of carbonyl (C=O) groups excluding carboxylic acids is 2. The van der Waals surface area contributed by atoms with Gasteiger partial charge in [-0.15, -0.1) is 0 Å². The molecule has 1 amide bonds. The van der Waals surface area contributed by atoms with E-state index in [-0.39, 0.29) is 12.2 Å². The number of phenolic OH excluding ortho intramolecular Hbond substituents is 1. The fourth-order valence-electron chi connectivity index (χ4n) is 3.14. The summed E-state index contributed by atoms with van der Waals surface area (Å²) in [6, 6.07) is 2.85. The summed E-state index contributed by atoms with van der Waals surface area (Å²) < 4.78 is 69.0. The molecule has 2 bridgehead atoms. The van der Waals surface area contributed by atoms with E-state index in [2.05, 4.69) is 4.18 Å². The first-order valence-electron chi connectivity index (χ1n) is 8.27. The number of halogens is 3. The van der Waals surface area contributed by atoms with Crippen molar-refractivity contribution in [1.82, 2.24) is 4.90 Å². The summed E-state index contributed by atoms with van der Waals surface area (Å²) in [5, 5.41) is 9.98. The highest BCUT2D eigenvalue weighted by Crippen LogP contribution is 2.35. The maximum Gasteiger partial charge on any atom is 0.534 e. The van der Waals surface area contributed by atoms with Crippen LogP contribution in [-0.2, 0) is 19.6 Å². The quantitative estimate of drug-likeness (QED) is 0.331. The second-order valence-corrected chi connectivity index (χ2v) is 8.03. The molecule has 2 heterocycles. The molecule has 2 unspecified atom stereocenters. The molecule has 2 aliphatic rings. The smallest absolute Gasteiger partial charge is 0.504 e. The maximum absolute atomic E-state index is 12.4. The Bertz CT molecular complexity index is 888. The molecular weight excluding hydrogens is 407 g/mol. The van der Waals surface area contributed by atoms with Crippen LogP contribution in [0.1, 0.15) is 29.6 Å². The molecule has 2 aliphatic heterocycles. The molecule has 0 aliphatic carbocycles. The number of carbonyl (C=O) groups is 2. The molecule has 0 radical (unpaired) electrons. The first kappa shape index (κ1) is 20.4. The SMILES string of the molecule is O=C(CC(=O)N1CC2CCC(C1)O2)c1cccc(OS(=O)(=O)C(F)(F)F)c1O. The van der Waals surface area contributed by atoms with Gasteiger partial charge in [-0.2, -0.15) is 21.6 Å². The van der Waals surface area contributed by atoms with E-state index < -0.39 is 50.8 Å². The Labute approximate surface area is 158 Å². The number of amides is 1. The number of nitrogens with zero attached hydrogens (tertiary/aromatic N) is 1. The predicted octanol–water partition coefficient (Wildman–Crippen LogP) is 1.58. The van der Waals surface area contributed by atoms with Gasteiger partial charge in [-0.1, -0.05) is 6.07 Å². The zero-order chi connectivity index (χ0) is 20.7. The lowest BCUT2D eigenvalue weighted by Crippen LogP contribution is -2.46. The second kappa shape index (κ2) is 7.24. The largest absolute Gasteiger partial charge is 0.534 e. The van der Waals surface area contributed by atoms with Gasteiger partial charge >= 0.3 is 15.6 Å². The van der Waals surface area contributed by atoms with Crippen molar-refractivity contribution in [1.29, 1.82) is 0 Å². The number of phenols is 1. The van der Waals surface area contributed by atoms with Crippen LogP contribution in [0.3, 0.4) is 0 Å². The van der Waals surface area contributed by atoms with Gasteiger partial charge in [-0.05, 0) is 25.0 Å². The number of likely N-dealkylation sites (tertiary alicyclic amines) is 1. The monoisotopic (exact) mass is 423 g/mol. The molecular formula is C16H16F3NO7S. The summed E-state index contributed by atoms with van der Waals surface area (Å²) in [4.78, 5) is 26.2. The molecule has 12 heteroatoms. The molecule has 1 aromatic carbocycles. The second-order valence-electron chi connectivity index (χ2n) is 6.49. The zero-order valence-corrected chi connectivity index (χ0v) is 15.1. The third kappa shape index (κ3) is 4.07. The van der Waals surface area contributed by atoms with Gasteiger partial charge in [-0.3, -0.25) is 9.59 Å². The molecule has 1 aromatic rings. The van der Waals surface area contributed by atoms with Gasteiger partial charge < -0.3 is 18.9 Å². The first-order valence-corrected chi connectivity index (χ1v) is 9.68. The summed E-state index contributed by atoms with van der Waals surface area (Å²) >= 11 is 0. The van der Waals surface area contributed by atoms with Crippen LogP contribution in [0, 0.1) is 0 Å². The number of ether oxygens (including phenoxy) is 1. The molecule has 2 atom stereocenters. The Morgan fingerprint density at radius 3 is 2.39 bits per heavy atom. The number of rotatable bonds is 5. The van der Waals surface area contributed by atoms with E-state index in [0.29, 0.717) is 13.1 Å². The van der Waals surface area contributed by atoms with Crippen LogP contribution in [0.15, 0.2) is 18.2 Å². The molecule has 0 aromatic heterocycles. The number of aromatic hydroxyl groups is 1. The number of hydrogen-bond donors (Lipinski definition) is 1. The molecule has 28 heavy (non-hydrogen) atoms. The molecule has 0 saturated carbocycles. The topological polar surface area (TPSA) is 110 Å². The number of Topliss-reactive ketones (excluding diaryl/α,β-unsaturated/α-hetero) is 1. The van der Waals surface area contributed by atoms with E-state index in [1.807, 2.05) is 0 Å². The van der Waals surface area contributed by atoms with Crippen LogP contribution in [0.2, 0.25) is 0 Å². The fourth-order valence-corrected chi connectivity index (χ4v) is 3.61. The lowest BCUT2D eigenvalue weighted by molar-refractivity contribution is -0.138. The number of ketones is 1. The van der Waals surface area contributed by atoms with Gasteiger partial charge in [0, 0.05) is 13.1 Å². The summed E-state index contributed by atoms with van der Waals surface area (Å²) in [6.45, 7) is 0.670. The van der Waals surface area contributed by atoms with Gasteiger partial charge in [0.05, 0.1) is 24.2 Å². The Morgan fingerprint density at radius 1 is 1.21 bits per heavy atom. The van der Waals surface area contributed by atoms with Crippen LogP contribution in [0.25, 0.3) is 0 Å². The van der Waals surface area contributed by atoms with Crippen LogP contribution in [-0.4, -0.2) is 60.9 Å². The fraction of sp³-hybridized carbons (Fsp3) is 0.500. The van der Waals surface area contributed by atoms with E-state index in [1.54, 1.807) is 0 Å². The summed E-state index contributed by atoms with van der Waals surface area (Å²) in [6.07, 6.45) is 0.820. The summed E-state index contributed by atoms with van der Waals surface area (Å²) in [7, 11) is -6.02. The van der Waals surface area contributed by atoms with E-state index >= 15 is 0 Å². The van der Waals surface area contributed by atoms with Crippen LogP contribution < -0.4 is 4.18 Å².